The van der Waals surface area contributed by atoms with Gasteiger partial charge in [0.15, 0.2) is 5.78 Å². The van der Waals surface area contributed by atoms with E-state index in [0.29, 0.717) is 12.8 Å². The van der Waals surface area contributed by atoms with Crippen molar-refractivity contribution in [2.45, 2.75) is 19.8 Å². The van der Waals surface area contributed by atoms with Crippen molar-refractivity contribution in [3.63, 3.8) is 0 Å². The Morgan fingerprint density at radius 1 is 1.42 bits per heavy atom. The van der Waals surface area contributed by atoms with E-state index in [1.807, 2.05) is 19.1 Å². The molecule has 0 heterocycles. The second kappa shape index (κ2) is 7.04. The van der Waals surface area contributed by atoms with Crippen molar-refractivity contribution < 1.29 is 4.79 Å². The maximum atomic E-state index is 11.0. The van der Waals surface area contributed by atoms with E-state index in [9.17, 15) is 4.79 Å². The third-order valence-corrected chi connectivity index (χ3v) is 1.62. The number of carbonyl (C=O) groups is 1. The molecule has 0 aromatic carbocycles. The summed E-state index contributed by atoms with van der Waals surface area (Å²) in [7, 11) is 0. The van der Waals surface area contributed by atoms with Crippen LogP contribution in [0, 0.1) is 0 Å². The van der Waals surface area contributed by atoms with Crippen LogP contribution in [-0.4, -0.2) is 5.78 Å². The summed E-state index contributed by atoms with van der Waals surface area (Å²) in [5.41, 5.74) is 0. The fraction of sp³-hybridized carbons (Fsp3) is 0.300. The van der Waals surface area contributed by atoms with Gasteiger partial charge in [-0.05, 0) is 23.9 Å². The van der Waals surface area contributed by atoms with E-state index in [0.717, 1.165) is 4.48 Å². The van der Waals surface area contributed by atoms with Crippen LogP contribution >= 0.6 is 15.9 Å². The van der Waals surface area contributed by atoms with E-state index < -0.39 is 0 Å². The normalized spacial score (nSPS) is 11.2. The van der Waals surface area contributed by atoms with Crippen LogP contribution in [0.15, 0.2) is 35.4 Å². The molecule has 0 aliphatic carbocycles. The Bertz CT molecular complexity index is 214. The predicted octanol–water partition coefficient (Wildman–Crippen LogP) is 3.38. The second-order valence-corrected chi connectivity index (χ2v) is 3.49. The number of allylic oxidation sites excluding steroid dienone is 5. The van der Waals surface area contributed by atoms with Gasteiger partial charge in [-0.3, -0.25) is 4.79 Å². The monoisotopic (exact) mass is 228 g/mol. The number of hydrogen-bond donors (Lipinski definition) is 0. The van der Waals surface area contributed by atoms with E-state index in [4.69, 9.17) is 0 Å². The smallest absolute Gasteiger partial charge is 0.156 e. The molecule has 0 aliphatic heterocycles. The van der Waals surface area contributed by atoms with Crippen molar-refractivity contribution in [2.24, 2.45) is 0 Å². The summed E-state index contributed by atoms with van der Waals surface area (Å²) in [5.74, 6) is 0.133. The molecular formula is C10H13BrO. The first kappa shape index (κ1) is 11.4. The van der Waals surface area contributed by atoms with Crippen molar-refractivity contribution >= 4 is 21.7 Å². The highest BCUT2D eigenvalue weighted by molar-refractivity contribution is 9.11. The predicted molar refractivity (Wildman–Crippen MR) is 56.3 cm³/mol. The maximum Gasteiger partial charge on any atom is 0.156 e. The summed E-state index contributed by atoms with van der Waals surface area (Å²) >= 11 is 3.20. The van der Waals surface area contributed by atoms with Gasteiger partial charge in [0.05, 0.1) is 0 Å². The Morgan fingerprint density at radius 2 is 2.08 bits per heavy atom. The molecule has 0 N–H and O–H groups in total. The molecule has 0 spiro atoms. The molecule has 1 nitrogen and oxygen atoms in total. The molecule has 66 valence electrons. The average molecular weight is 229 g/mol. The van der Waals surface area contributed by atoms with Gasteiger partial charge in [0.2, 0.25) is 0 Å². The summed E-state index contributed by atoms with van der Waals surface area (Å²) in [5, 5.41) is 0. The third-order valence-electron chi connectivity index (χ3n) is 1.23. The number of ketones is 1. The van der Waals surface area contributed by atoms with E-state index in [1.165, 1.54) is 0 Å². The summed E-state index contributed by atoms with van der Waals surface area (Å²) < 4.78 is 0.871. The highest BCUT2D eigenvalue weighted by Crippen LogP contribution is 2.09. The molecule has 0 atom stereocenters. The van der Waals surface area contributed by atoms with Gasteiger partial charge in [-0.15, -0.1) is 0 Å². The topological polar surface area (TPSA) is 17.1 Å². The quantitative estimate of drug-likeness (QED) is 0.521. The molecule has 12 heavy (non-hydrogen) atoms. The van der Waals surface area contributed by atoms with Gasteiger partial charge >= 0.3 is 0 Å². The highest BCUT2D eigenvalue weighted by Gasteiger charge is 1.95. The van der Waals surface area contributed by atoms with Crippen LogP contribution in [0.3, 0.4) is 0 Å². The first-order chi connectivity index (χ1) is 5.66. The Labute approximate surface area is 82.0 Å². The van der Waals surface area contributed by atoms with Gasteiger partial charge in [-0.2, -0.15) is 0 Å². The van der Waals surface area contributed by atoms with Crippen LogP contribution in [0.5, 0.6) is 0 Å². The zero-order chi connectivity index (χ0) is 9.40. The molecule has 0 saturated heterocycles. The Hall–Kier alpha value is -0.630. The molecule has 0 aromatic heterocycles. The standard InChI is InChI=1S/C10H13BrO/c1-3-4-5-6-10(12)8-7-9(2)11/h3-6H,2,7-8H2,1H3/b4-3+,6-5+. The zero-order valence-corrected chi connectivity index (χ0v) is 8.80. The molecule has 0 bridgehead atoms. The third kappa shape index (κ3) is 7.48. The number of rotatable bonds is 5. The lowest BCUT2D eigenvalue weighted by Crippen LogP contribution is -1.90. The summed E-state index contributed by atoms with van der Waals surface area (Å²) in [6.07, 6.45) is 8.28. The SMILES string of the molecule is C=C(Br)CCC(=O)/C=C/C=C/C. The van der Waals surface area contributed by atoms with Crippen molar-refractivity contribution in [1.82, 2.24) is 0 Å². The highest BCUT2D eigenvalue weighted by atomic mass is 79.9. The van der Waals surface area contributed by atoms with E-state index in [-0.39, 0.29) is 5.78 Å². The van der Waals surface area contributed by atoms with Crippen molar-refractivity contribution in [2.75, 3.05) is 0 Å². The number of hydrogen-bond acceptors (Lipinski definition) is 1. The van der Waals surface area contributed by atoms with Crippen LogP contribution in [0.2, 0.25) is 0 Å². The largest absolute Gasteiger partial charge is 0.295 e. The van der Waals surface area contributed by atoms with Gasteiger partial charge in [0, 0.05) is 6.42 Å². The minimum absolute atomic E-state index is 0.133. The lowest BCUT2D eigenvalue weighted by Gasteiger charge is -1.92. The fourth-order valence-electron chi connectivity index (χ4n) is 0.616. The van der Waals surface area contributed by atoms with Gasteiger partial charge in [-0.1, -0.05) is 40.7 Å². The lowest BCUT2D eigenvalue weighted by atomic mass is 10.2. The van der Waals surface area contributed by atoms with Crippen LogP contribution in [-0.2, 0) is 4.79 Å². The molecule has 0 unspecified atom stereocenters. The molecule has 2 heteroatoms. The van der Waals surface area contributed by atoms with E-state index in [2.05, 4.69) is 22.5 Å². The van der Waals surface area contributed by atoms with Crippen molar-refractivity contribution in [3.05, 3.63) is 35.4 Å². The van der Waals surface area contributed by atoms with Crippen molar-refractivity contribution in [1.29, 1.82) is 0 Å². The molecule has 0 aromatic rings. The van der Waals surface area contributed by atoms with Gasteiger partial charge in [0.25, 0.3) is 0 Å². The Kier molecular flexibility index (Phi) is 6.67. The molecule has 0 saturated carbocycles. The Morgan fingerprint density at radius 3 is 2.58 bits per heavy atom. The molecule has 0 rings (SSSR count). The number of carbonyl (C=O) groups excluding carboxylic acids is 1. The zero-order valence-electron chi connectivity index (χ0n) is 7.22. The first-order valence-corrected chi connectivity index (χ1v) is 4.61. The summed E-state index contributed by atoms with van der Waals surface area (Å²) in [4.78, 5) is 11.0. The van der Waals surface area contributed by atoms with Crippen LogP contribution in [0.4, 0.5) is 0 Å². The van der Waals surface area contributed by atoms with E-state index in [1.54, 1.807) is 12.2 Å². The van der Waals surface area contributed by atoms with Crippen LogP contribution in [0.25, 0.3) is 0 Å². The Balaban J connectivity index is 3.67. The van der Waals surface area contributed by atoms with Crippen molar-refractivity contribution in [3.8, 4) is 0 Å². The first-order valence-electron chi connectivity index (χ1n) is 3.82. The molecular weight excluding hydrogens is 216 g/mol. The van der Waals surface area contributed by atoms with Crippen LogP contribution in [0.1, 0.15) is 19.8 Å². The minimum Gasteiger partial charge on any atom is -0.295 e. The lowest BCUT2D eigenvalue weighted by molar-refractivity contribution is -0.114. The minimum atomic E-state index is 0.133. The molecule has 0 aliphatic rings. The summed E-state index contributed by atoms with van der Waals surface area (Å²) in [6, 6.07) is 0. The number of halogens is 1. The average Bonchev–Trinajstić information content (AvgIpc) is 2.01. The second-order valence-electron chi connectivity index (χ2n) is 2.37. The van der Waals surface area contributed by atoms with Crippen LogP contribution < -0.4 is 0 Å². The van der Waals surface area contributed by atoms with Gasteiger partial charge < -0.3 is 0 Å². The molecule has 0 fully saturated rings. The molecule has 0 radical (unpaired) electrons. The molecule has 0 amide bonds. The fourth-order valence-corrected chi connectivity index (χ4v) is 0.814. The van der Waals surface area contributed by atoms with Gasteiger partial charge in [-0.25, -0.2) is 0 Å². The maximum absolute atomic E-state index is 11.0. The van der Waals surface area contributed by atoms with E-state index >= 15 is 0 Å². The van der Waals surface area contributed by atoms with Gasteiger partial charge in [0.1, 0.15) is 0 Å². The summed E-state index contributed by atoms with van der Waals surface area (Å²) in [6.45, 7) is 5.56.